The van der Waals surface area contributed by atoms with Gasteiger partial charge in [-0.25, -0.2) is 0 Å². The van der Waals surface area contributed by atoms with Gasteiger partial charge in [-0.2, -0.15) is 0 Å². The molecule has 1 N–H and O–H groups in total. The number of fused-ring (bicyclic) bond motifs is 1. The van der Waals surface area contributed by atoms with Gasteiger partial charge in [-0.15, -0.1) is 0 Å². The van der Waals surface area contributed by atoms with Crippen molar-refractivity contribution in [2.75, 3.05) is 40.9 Å². The third-order valence-corrected chi connectivity index (χ3v) is 4.90. The number of ether oxygens (including phenoxy) is 2. The molecular weight excluding hydrogens is 358 g/mol. The van der Waals surface area contributed by atoms with Gasteiger partial charge in [0, 0.05) is 25.2 Å². The highest BCUT2D eigenvalue weighted by Gasteiger charge is 2.25. The highest BCUT2D eigenvalue weighted by molar-refractivity contribution is 5.52. The number of nitro benzene ring substituents is 1. The largest absolute Gasteiger partial charge is 0.493 e. The Balaban J connectivity index is 1.90. The first-order valence-corrected chi connectivity index (χ1v) is 9.45. The first kappa shape index (κ1) is 20.1. The fraction of sp³-hybridized carbons (Fsp3) is 0.429. The lowest BCUT2D eigenvalue weighted by Crippen LogP contribution is -2.30. The molecule has 1 aliphatic heterocycles. The van der Waals surface area contributed by atoms with Crippen LogP contribution in [-0.2, 0) is 6.42 Å². The summed E-state index contributed by atoms with van der Waals surface area (Å²) in [6, 6.07) is 10.7. The zero-order chi connectivity index (χ0) is 20.1. The maximum atomic E-state index is 11.2. The summed E-state index contributed by atoms with van der Waals surface area (Å²) in [6.45, 7) is 2.35. The zero-order valence-electron chi connectivity index (χ0n) is 16.6. The smallest absolute Gasteiger partial charge is 0.269 e. The monoisotopic (exact) mass is 385 g/mol. The number of benzene rings is 2. The molecule has 0 aliphatic carbocycles. The molecule has 0 fully saturated rings. The minimum atomic E-state index is -0.361. The number of non-ortho nitro benzene ring substituents is 1. The molecule has 1 aliphatic rings. The molecule has 0 saturated heterocycles. The highest BCUT2D eigenvalue weighted by Crippen LogP contribution is 2.38. The number of rotatable bonds is 8. The van der Waals surface area contributed by atoms with Crippen LogP contribution in [-0.4, -0.2) is 50.7 Å². The molecule has 150 valence electrons. The molecule has 7 heteroatoms. The van der Waals surface area contributed by atoms with Crippen LogP contribution in [0.2, 0.25) is 0 Å². The van der Waals surface area contributed by atoms with Crippen LogP contribution in [0.5, 0.6) is 11.5 Å². The van der Waals surface area contributed by atoms with Crippen LogP contribution in [0.1, 0.15) is 29.2 Å². The van der Waals surface area contributed by atoms with E-state index in [-0.39, 0.29) is 16.7 Å². The van der Waals surface area contributed by atoms with Crippen molar-refractivity contribution in [1.29, 1.82) is 0 Å². The van der Waals surface area contributed by atoms with Crippen molar-refractivity contribution in [2.24, 2.45) is 0 Å². The van der Waals surface area contributed by atoms with Crippen LogP contribution in [0.15, 0.2) is 36.4 Å². The maximum absolute atomic E-state index is 11.2. The van der Waals surface area contributed by atoms with E-state index in [2.05, 4.69) is 10.2 Å². The molecule has 7 nitrogen and oxygen atoms in total. The lowest BCUT2D eigenvalue weighted by molar-refractivity contribution is -0.384. The minimum Gasteiger partial charge on any atom is -0.493 e. The van der Waals surface area contributed by atoms with Crippen molar-refractivity contribution in [3.05, 3.63) is 63.2 Å². The van der Waals surface area contributed by atoms with E-state index >= 15 is 0 Å². The summed E-state index contributed by atoms with van der Waals surface area (Å²) in [4.78, 5) is 12.9. The van der Waals surface area contributed by atoms with Gasteiger partial charge in [0.15, 0.2) is 11.5 Å². The predicted molar refractivity (Wildman–Crippen MR) is 108 cm³/mol. The summed E-state index contributed by atoms with van der Waals surface area (Å²) in [6.07, 6.45) is 1.79. The van der Waals surface area contributed by atoms with Crippen molar-refractivity contribution >= 4 is 5.69 Å². The Kier molecular flexibility index (Phi) is 6.49. The molecule has 1 heterocycles. The summed E-state index contributed by atoms with van der Waals surface area (Å²) in [5, 5.41) is 14.6. The number of nitrogens with one attached hydrogen (secondary N) is 1. The standard InChI is InChI=1S/C21H27N3O4/c1-23(2)10-5-11-28-20-14-18-15(13-19(20)27-3)8-9-22-21(18)16-6-4-7-17(12-16)24(25)26/h4,6-7,12-14,21-22H,5,8-11H2,1-3H3. The van der Waals surface area contributed by atoms with E-state index in [0.29, 0.717) is 12.4 Å². The molecule has 3 rings (SSSR count). The Morgan fingerprint density at radius 3 is 2.79 bits per heavy atom. The van der Waals surface area contributed by atoms with Gasteiger partial charge in [0.05, 0.1) is 24.7 Å². The summed E-state index contributed by atoms with van der Waals surface area (Å²) >= 11 is 0. The second kappa shape index (κ2) is 9.03. The van der Waals surface area contributed by atoms with Crippen LogP contribution >= 0.6 is 0 Å². The van der Waals surface area contributed by atoms with Crippen LogP contribution in [0.3, 0.4) is 0 Å². The molecule has 2 aromatic rings. The van der Waals surface area contributed by atoms with Gasteiger partial charge in [0.1, 0.15) is 0 Å². The third-order valence-electron chi connectivity index (χ3n) is 4.90. The second-order valence-electron chi connectivity index (χ2n) is 7.20. The Bertz CT molecular complexity index is 838. The summed E-state index contributed by atoms with van der Waals surface area (Å²) in [7, 11) is 5.72. The molecule has 1 atom stereocenters. The summed E-state index contributed by atoms with van der Waals surface area (Å²) in [5.74, 6) is 1.43. The Morgan fingerprint density at radius 1 is 1.25 bits per heavy atom. The first-order valence-electron chi connectivity index (χ1n) is 9.45. The number of hydrogen-bond acceptors (Lipinski definition) is 6. The SMILES string of the molecule is COc1cc2c(cc1OCCCN(C)C)C(c1cccc([N+](=O)[O-])c1)NCC2. The highest BCUT2D eigenvalue weighted by atomic mass is 16.6. The number of nitrogens with zero attached hydrogens (tertiary/aromatic N) is 2. The average Bonchev–Trinajstić information content (AvgIpc) is 2.70. The second-order valence-corrected chi connectivity index (χ2v) is 7.20. The van der Waals surface area contributed by atoms with Gasteiger partial charge in [-0.3, -0.25) is 10.1 Å². The van der Waals surface area contributed by atoms with Crippen molar-refractivity contribution in [1.82, 2.24) is 10.2 Å². The number of nitro groups is 1. The van der Waals surface area contributed by atoms with Crippen molar-refractivity contribution in [3.63, 3.8) is 0 Å². The topological polar surface area (TPSA) is 76.9 Å². The van der Waals surface area contributed by atoms with E-state index in [0.717, 1.165) is 42.8 Å². The summed E-state index contributed by atoms with van der Waals surface area (Å²) < 4.78 is 11.5. The number of methoxy groups -OCH3 is 1. The maximum Gasteiger partial charge on any atom is 0.269 e. The van der Waals surface area contributed by atoms with Crippen molar-refractivity contribution < 1.29 is 14.4 Å². The van der Waals surface area contributed by atoms with E-state index in [1.54, 1.807) is 19.2 Å². The number of hydrogen-bond donors (Lipinski definition) is 1. The molecular formula is C21H27N3O4. The van der Waals surface area contributed by atoms with E-state index in [4.69, 9.17) is 9.47 Å². The van der Waals surface area contributed by atoms with E-state index < -0.39 is 0 Å². The molecule has 0 amide bonds. The van der Waals surface area contributed by atoms with E-state index in [1.165, 1.54) is 11.6 Å². The Morgan fingerprint density at radius 2 is 2.07 bits per heavy atom. The van der Waals surface area contributed by atoms with Gasteiger partial charge < -0.3 is 19.7 Å². The molecule has 1 unspecified atom stereocenters. The van der Waals surface area contributed by atoms with Crippen LogP contribution in [0.25, 0.3) is 0 Å². The fourth-order valence-electron chi connectivity index (χ4n) is 3.51. The Labute approximate surface area is 165 Å². The van der Waals surface area contributed by atoms with Gasteiger partial charge in [-0.05, 0) is 55.8 Å². The average molecular weight is 385 g/mol. The van der Waals surface area contributed by atoms with Crippen LogP contribution < -0.4 is 14.8 Å². The molecule has 0 aromatic heterocycles. The molecule has 0 saturated carbocycles. The normalized spacial score (nSPS) is 15.9. The minimum absolute atomic E-state index is 0.0973. The fourth-order valence-corrected chi connectivity index (χ4v) is 3.51. The molecule has 2 aromatic carbocycles. The molecule has 28 heavy (non-hydrogen) atoms. The summed E-state index contributed by atoms with van der Waals surface area (Å²) in [5.41, 5.74) is 3.22. The van der Waals surface area contributed by atoms with Crippen LogP contribution in [0.4, 0.5) is 5.69 Å². The lowest BCUT2D eigenvalue weighted by atomic mass is 9.89. The molecule has 0 radical (unpaired) electrons. The van der Waals surface area contributed by atoms with Crippen molar-refractivity contribution in [3.8, 4) is 11.5 Å². The van der Waals surface area contributed by atoms with Crippen LogP contribution in [0, 0.1) is 10.1 Å². The van der Waals surface area contributed by atoms with Crippen molar-refractivity contribution in [2.45, 2.75) is 18.9 Å². The molecule has 0 spiro atoms. The van der Waals surface area contributed by atoms with Gasteiger partial charge in [-0.1, -0.05) is 12.1 Å². The quantitative estimate of drug-likeness (QED) is 0.427. The van der Waals surface area contributed by atoms with E-state index in [1.807, 2.05) is 32.3 Å². The van der Waals surface area contributed by atoms with Gasteiger partial charge in [0.2, 0.25) is 0 Å². The van der Waals surface area contributed by atoms with Gasteiger partial charge >= 0.3 is 0 Å². The van der Waals surface area contributed by atoms with Gasteiger partial charge in [0.25, 0.3) is 5.69 Å². The Hall–Kier alpha value is -2.64. The molecule has 0 bridgehead atoms. The predicted octanol–water partition coefficient (Wildman–Crippen LogP) is 3.17. The lowest BCUT2D eigenvalue weighted by Gasteiger charge is -2.28. The third kappa shape index (κ3) is 4.61. The zero-order valence-corrected chi connectivity index (χ0v) is 16.6. The first-order chi connectivity index (χ1) is 13.5. The van der Waals surface area contributed by atoms with E-state index in [9.17, 15) is 10.1 Å².